The lowest BCUT2D eigenvalue weighted by Gasteiger charge is -2.30. The van der Waals surface area contributed by atoms with Crippen LogP contribution >= 0.6 is 0 Å². The van der Waals surface area contributed by atoms with Gasteiger partial charge in [0.25, 0.3) is 0 Å². The van der Waals surface area contributed by atoms with Gasteiger partial charge in [-0.3, -0.25) is 4.90 Å². The molecular weight excluding hydrogens is 234 g/mol. The van der Waals surface area contributed by atoms with Crippen LogP contribution in [-0.4, -0.2) is 24.6 Å². The fraction of sp³-hybridized carbons (Fsp3) is 0.529. The number of rotatable bonds is 5. The molecule has 1 atom stereocenters. The molecule has 1 saturated heterocycles. The van der Waals surface area contributed by atoms with Gasteiger partial charge in [0.2, 0.25) is 0 Å². The third-order valence-corrected chi connectivity index (χ3v) is 3.74. The highest BCUT2D eigenvalue weighted by atomic mass is 16.5. The third-order valence-electron chi connectivity index (χ3n) is 3.74. The van der Waals surface area contributed by atoms with Gasteiger partial charge in [0, 0.05) is 18.7 Å². The van der Waals surface area contributed by atoms with Gasteiger partial charge in [0.05, 0.1) is 6.61 Å². The molecule has 104 valence electrons. The van der Waals surface area contributed by atoms with Crippen molar-refractivity contribution in [1.29, 1.82) is 0 Å². The number of likely N-dealkylation sites (tertiary alicyclic amines) is 1. The summed E-state index contributed by atoms with van der Waals surface area (Å²) in [5.41, 5.74) is 2.46. The van der Waals surface area contributed by atoms with E-state index in [1.807, 2.05) is 6.92 Å². The van der Waals surface area contributed by atoms with Crippen molar-refractivity contribution in [3.05, 3.63) is 42.0 Å². The minimum Gasteiger partial charge on any atom is -0.494 e. The molecule has 0 N–H and O–H groups in total. The molecule has 1 fully saturated rings. The van der Waals surface area contributed by atoms with Gasteiger partial charge in [0.15, 0.2) is 0 Å². The second-order valence-electron chi connectivity index (χ2n) is 5.54. The van der Waals surface area contributed by atoms with E-state index in [1.54, 1.807) is 0 Å². The SMILES string of the molecule is C=C(OCC)c1ccc(CN2CCCC(C)C2)cc1. The highest BCUT2D eigenvalue weighted by molar-refractivity contribution is 5.57. The molecule has 1 aliphatic rings. The van der Waals surface area contributed by atoms with Gasteiger partial charge >= 0.3 is 0 Å². The van der Waals surface area contributed by atoms with Crippen molar-refractivity contribution < 1.29 is 4.74 Å². The zero-order chi connectivity index (χ0) is 13.7. The quantitative estimate of drug-likeness (QED) is 0.743. The first-order valence-corrected chi connectivity index (χ1v) is 7.32. The van der Waals surface area contributed by atoms with E-state index in [0.717, 1.165) is 23.8 Å². The molecule has 2 nitrogen and oxygen atoms in total. The Bertz CT molecular complexity index is 410. The summed E-state index contributed by atoms with van der Waals surface area (Å²) in [5.74, 6) is 1.60. The van der Waals surface area contributed by atoms with Gasteiger partial charge in [-0.1, -0.05) is 37.8 Å². The molecule has 1 aromatic carbocycles. The first kappa shape index (κ1) is 14.1. The summed E-state index contributed by atoms with van der Waals surface area (Å²) in [7, 11) is 0. The molecule has 1 aromatic rings. The summed E-state index contributed by atoms with van der Waals surface area (Å²) < 4.78 is 5.43. The number of piperidine rings is 1. The van der Waals surface area contributed by atoms with Crippen molar-refractivity contribution in [3.8, 4) is 0 Å². The molecule has 1 heterocycles. The van der Waals surface area contributed by atoms with Gasteiger partial charge in [-0.2, -0.15) is 0 Å². The molecule has 1 aliphatic heterocycles. The monoisotopic (exact) mass is 259 g/mol. The largest absolute Gasteiger partial charge is 0.494 e. The van der Waals surface area contributed by atoms with Gasteiger partial charge in [-0.15, -0.1) is 0 Å². The van der Waals surface area contributed by atoms with E-state index in [1.165, 1.54) is 31.5 Å². The number of hydrogen-bond donors (Lipinski definition) is 0. The van der Waals surface area contributed by atoms with Crippen LogP contribution in [0.1, 0.15) is 37.8 Å². The van der Waals surface area contributed by atoms with E-state index < -0.39 is 0 Å². The van der Waals surface area contributed by atoms with Crippen LogP contribution in [0.5, 0.6) is 0 Å². The van der Waals surface area contributed by atoms with Crippen LogP contribution in [-0.2, 0) is 11.3 Å². The van der Waals surface area contributed by atoms with Gasteiger partial charge in [-0.05, 0) is 37.8 Å². The first-order chi connectivity index (χ1) is 9.19. The number of hydrogen-bond acceptors (Lipinski definition) is 2. The zero-order valence-electron chi connectivity index (χ0n) is 12.2. The third kappa shape index (κ3) is 4.10. The van der Waals surface area contributed by atoms with Crippen LogP contribution in [0.4, 0.5) is 0 Å². The topological polar surface area (TPSA) is 12.5 Å². The van der Waals surface area contributed by atoms with Gasteiger partial charge in [-0.25, -0.2) is 0 Å². The second kappa shape index (κ2) is 6.76. The van der Waals surface area contributed by atoms with E-state index in [0.29, 0.717) is 6.61 Å². The fourth-order valence-electron chi connectivity index (χ4n) is 2.74. The van der Waals surface area contributed by atoms with Crippen LogP contribution in [0, 0.1) is 5.92 Å². The van der Waals surface area contributed by atoms with E-state index in [2.05, 4.69) is 42.7 Å². The molecule has 0 bridgehead atoms. The Balaban J connectivity index is 1.93. The van der Waals surface area contributed by atoms with E-state index >= 15 is 0 Å². The summed E-state index contributed by atoms with van der Waals surface area (Å²) in [6, 6.07) is 8.61. The van der Waals surface area contributed by atoms with Crippen LogP contribution in [0.2, 0.25) is 0 Å². The molecule has 1 unspecified atom stereocenters. The minimum atomic E-state index is 0.673. The predicted molar refractivity (Wildman–Crippen MR) is 80.8 cm³/mol. The van der Waals surface area contributed by atoms with Crippen molar-refractivity contribution in [1.82, 2.24) is 4.90 Å². The molecule has 19 heavy (non-hydrogen) atoms. The summed E-state index contributed by atoms with van der Waals surface area (Å²) >= 11 is 0. The van der Waals surface area contributed by atoms with E-state index in [-0.39, 0.29) is 0 Å². The summed E-state index contributed by atoms with van der Waals surface area (Å²) in [6.07, 6.45) is 2.71. The molecule has 0 aromatic heterocycles. The zero-order valence-corrected chi connectivity index (χ0v) is 12.2. The van der Waals surface area contributed by atoms with Crippen LogP contribution in [0.25, 0.3) is 5.76 Å². The maximum atomic E-state index is 5.43. The minimum absolute atomic E-state index is 0.673. The van der Waals surface area contributed by atoms with Crippen molar-refractivity contribution >= 4 is 5.76 Å². The maximum absolute atomic E-state index is 5.43. The highest BCUT2D eigenvalue weighted by Gasteiger charge is 2.16. The summed E-state index contributed by atoms with van der Waals surface area (Å²) in [5, 5.41) is 0. The lowest BCUT2D eigenvalue weighted by molar-refractivity contribution is 0.176. The average molecular weight is 259 g/mol. The van der Waals surface area contributed by atoms with Crippen molar-refractivity contribution in [2.24, 2.45) is 5.92 Å². The Kier molecular flexibility index (Phi) is 5.03. The van der Waals surface area contributed by atoms with Crippen molar-refractivity contribution in [2.75, 3.05) is 19.7 Å². The van der Waals surface area contributed by atoms with Crippen LogP contribution < -0.4 is 0 Å². The Morgan fingerprint density at radius 1 is 1.37 bits per heavy atom. The molecule has 0 spiro atoms. The summed E-state index contributed by atoms with van der Waals surface area (Å²) in [4.78, 5) is 2.56. The maximum Gasteiger partial charge on any atom is 0.119 e. The smallest absolute Gasteiger partial charge is 0.119 e. The first-order valence-electron chi connectivity index (χ1n) is 7.32. The molecule has 0 aliphatic carbocycles. The Morgan fingerprint density at radius 2 is 2.11 bits per heavy atom. The molecule has 0 amide bonds. The van der Waals surface area contributed by atoms with E-state index in [9.17, 15) is 0 Å². The standard InChI is InChI=1S/C17H25NO/c1-4-19-15(3)17-9-7-16(8-10-17)13-18-11-5-6-14(2)12-18/h7-10,14H,3-6,11-13H2,1-2H3. The Labute approximate surface area is 117 Å². The highest BCUT2D eigenvalue weighted by Crippen LogP contribution is 2.19. The normalized spacial score (nSPS) is 20.2. The molecule has 0 radical (unpaired) electrons. The number of ether oxygens (including phenoxy) is 1. The van der Waals surface area contributed by atoms with E-state index in [4.69, 9.17) is 4.74 Å². The second-order valence-corrected chi connectivity index (χ2v) is 5.54. The van der Waals surface area contributed by atoms with Crippen LogP contribution in [0.3, 0.4) is 0 Å². The number of benzene rings is 1. The van der Waals surface area contributed by atoms with Crippen molar-refractivity contribution in [3.63, 3.8) is 0 Å². The Morgan fingerprint density at radius 3 is 2.74 bits per heavy atom. The molecule has 0 saturated carbocycles. The molecule has 2 rings (SSSR count). The molecule has 2 heteroatoms. The van der Waals surface area contributed by atoms with Crippen molar-refractivity contribution in [2.45, 2.75) is 33.2 Å². The van der Waals surface area contributed by atoms with Gasteiger partial charge < -0.3 is 4.74 Å². The average Bonchev–Trinajstić information content (AvgIpc) is 2.40. The lowest BCUT2D eigenvalue weighted by Crippen LogP contribution is -2.33. The van der Waals surface area contributed by atoms with Crippen LogP contribution in [0.15, 0.2) is 30.8 Å². The lowest BCUT2D eigenvalue weighted by atomic mass is 9.99. The number of nitrogens with zero attached hydrogens (tertiary/aromatic N) is 1. The van der Waals surface area contributed by atoms with Gasteiger partial charge in [0.1, 0.15) is 5.76 Å². The molecular formula is C17H25NO. The summed E-state index contributed by atoms with van der Waals surface area (Å²) in [6.45, 7) is 12.5. The predicted octanol–water partition coefficient (Wildman–Crippen LogP) is 3.93. The fourth-order valence-corrected chi connectivity index (χ4v) is 2.74. The Hall–Kier alpha value is -1.28.